The summed E-state index contributed by atoms with van der Waals surface area (Å²) < 4.78 is 69.1. The Kier molecular flexibility index (Phi) is 5.44. The number of nitrogens with zero attached hydrogens (tertiary/aromatic N) is 4. The number of alkyl halides is 3. The van der Waals surface area contributed by atoms with E-state index < -0.39 is 27.3 Å². The minimum atomic E-state index is -4.69. The number of nitrogen functional groups attached to an aromatic ring is 1. The fraction of sp³-hybridized carbons (Fsp3) is 0.438. The molecule has 0 atom stereocenters. The number of anilines is 2. The van der Waals surface area contributed by atoms with Crippen molar-refractivity contribution in [2.24, 2.45) is 0 Å². The molecule has 3 heterocycles. The van der Waals surface area contributed by atoms with Crippen molar-refractivity contribution >= 4 is 21.6 Å². The zero-order valence-electron chi connectivity index (χ0n) is 14.9. The number of nitrogens with two attached hydrogens (primary N) is 1. The summed E-state index contributed by atoms with van der Waals surface area (Å²) in [5.74, 6) is -0.567. The highest BCUT2D eigenvalue weighted by atomic mass is 32.2. The molecule has 8 nitrogen and oxygen atoms in total. The van der Waals surface area contributed by atoms with Crippen LogP contribution < -0.4 is 10.6 Å². The summed E-state index contributed by atoms with van der Waals surface area (Å²) in [7, 11) is -3.46. The first-order valence-corrected chi connectivity index (χ1v) is 10.3. The van der Waals surface area contributed by atoms with Gasteiger partial charge in [0.25, 0.3) is 0 Å². The van der Waals surface area contributed by atoms with E-state index in [2.05, 4.69) is 15.0 Å². The Balaban J connectivity index is 2.16. The van der Waals surface area contributed by atoms with Gasteiger partial charge in [0.15, 0.2) is 9.84 Å². The van der Waals surface area contributed by atoms with E-state index in [9.17, 15) is 21.6 Å². The van der Waals surface area contributed by atoms with E-state index in [4.69, 9.17) is 10.5 Å². The third kappa shape index (κ3) is 4.87. The normalized spacial score (nSPS) is 15.6. The molecule has 28 heavy (non-hydrogen) atoms. The number of aromatic nitrogens is 3. The average Bonchev–Trinajstić information content (AvgIpc) is 2.60. The standard InChI is InChI=1S/C16H18F3N5O3S/c1-28(25,26)9-10-6-13(23-15(22-10)24-2-4-27-5-3-24)11-8-21-14(20)7-12(11)16(17,18)19/h6-8H,2-5,9H2,1H3,(H2,20,21). The van der Waals surface area contributed by atoms with Gasteiger partial charge in [-0.05, 0) is 12.1 Å². The van der Waals surface area contributed by atoms with E-state index in [1.807, 2.05) is 0 Å². The lowest BCUT2D eigenvalue weighted by Crippen LogP contribution is -2.37. The first-order valence-electron chi connectivity index (χ1n) is 8.24. The van der Waals surface area contributed by atoms with Gasteiger partial charge in [-0.2, -0.15) is 13.2 Å². The van der Waals surface area contributed by atoms with Crippen LogP contribution >= 0.6 is 0 Å². The van der Waals surface area contributed by atoms with Crippen LogP contribution in [0.2, 0.25) is 0 Å². The molecular weight excluding hydrogens is 399 g/mol. The van der Waals surface area contributed by atoms with Gasteiger partial charge in [-0.25, -0.2) is 23.4 Å². The molecule has 1 saturated heterocycles. The van der Waals surface area contributed by atoms with Crippen LogP contribution in [0, 0.1) is 0 Å². The molecule has 0 aliphatic carbocycles. The molecular formula is C16H18F3N5O3S. The lowest BCUT2D eigenvalue weighted by molar-refractivity contribution is -0.137. The van der Waals surface area contributed by atoms with Crippen LogP contribution in [0.25, 0.3) is 11.3 Å². The molecule has 2 aromatic rings. The molecule has 0 aromatic carbocycles. The number of pyridine rings is 1. The predicted octanol–water partition coefficient (Wildman–Crippen LogP) is 1.52. The lowest BCUT2D eigenvalue weighted by atomic mass is 10.1. The second-order valence-corrected chi connectivity index (χ2v) is 8.51. The van der Waals surface area contributed by atoms with E-state index in [1.54, 1.807) is 4.90 Å². The Hall–Kier alpha value is -2.47. The molecule has 0 unspecified atom stereocenters. The molecule has 1 aliphatic heterocycles. The zero-order chi connectivity index (χ0) is 20.5. The summed E-state index contributed by atoms with van der Waals surface area (Å²) in [5.41, 5.74) is 4.14. The quantitative estimate of drug-likeness (QED) is 0.797. The third-order valence-electron chi connectivity index (χ3n) is 3.98. The summed E-state index contributed by atoms with van der Waals surface area (Å²) in [6, 6.07) is 1.95. The SMILES string of the molecule is CS(=O)(=O)Cc1cc(-c2cnc(N)cc2C(F)(F)F)nc(N2CCOCC2)n1. The predicted molar refractivity (Wildman–Crippen MR) is 96.3 cm³/mol. The Morgan fingerprint density at radius 1 is 1.21 bits per heavy atom. The molecule has 3 rings (SSSR count). The Labute approximate surface area is 159 Å². The first-order chi connectivity index (χ1) is 13.0. The van der Waals surface area contributed by atoms with Gasteiger partial charge < -0.3 is 15.4 Å². The lowest BCUT2D eigenvalue weighted by Gasteiger charge is -2.27. The van der Waals surface area contributed by atoms with E-state index in [1.165, 1.54) is 6.07 Å². The second-order valence-electron chi connectivity index (χ2n) is 6.37. The number of rotatable bonds is 4. The fourth-order valence-corrected chi connectivity index (χ4v) is 3.46. The van der Waals surface area contributed by atoms with E-state index in [0.717, 1.165) is 18.5 Å². The molecule has 0 spiro atoms. The van der Waals surface area contributed by atoms with E-state index >= 15 is 0 Å². The van der Waals surface area contributed by atoms with E-state index in [-0.39, 0.29) is 28.7 Å². The molecule has 1 fully saturated rings. The van der Waals surface area contributed by atoms with Gasteiger partial charge in [0.1, 0.15) is 5.82 Å². The van der Waals surface area contributed by atoms with Crippen molar-refractivity contribution in [1.82, 2.24) is 15.0 Å². The van der Waals surface area contributed by atoms with Crippen molar-refractivity contribution < 1.29 is 26.3 Å². The topological polar surface area (TPSA) is 111 Å². The Bertz CT molecular complexity index is 976. The summed E-state index contributed by atoms with van der Waals surface area (Å²) in [5, 5.41) is 0. The van der Waals surface area contributed by atoms with E-state index in [0.29, 0.717) is 26.3 Å². The number of ether oxygens (including phenoxy) is 1. The van der Waals surface area contributed by atoms with Gasteiger partial charge in [0.2, 0.25) is 5.95 Å². The summed E-state index contributed by atoms with van der Waals surface area (Å²) in [6.07, 6.45) is -2.68. The van der Waals surface area contributed by atoms with Crippen molar-refractivity contribution in [3.8, 4) is 11.3 Å². The van der Waals surface area contributed by atoms with Gasteiger partial charge >= 0.3 is 6.18 Å². The fourth-order valence-electron chi connectivity index (χ4n) is 2.78. The molecule has 152 valence electrons. The maximum atomic E-state index is 13.5. The van der Waals surface area contributed by atoms with Crippen molar-refractivity contribution in [1.29, 1.82) is 0 Å². The number of sulfone groups is 1. The highest BCUT2D eigenvalue weighted by Gasteiger charge is 2.35. The van der Waals surface area contributed by atoms with Crippen molar-refractivity contribution in [3.63, 3.8) is 0 Å². The van der Waals surface area contributed by atoms with Crippen molar-refractivity contribution in [2.45, 2.75) is 11.9 Å². The van der Waals surface area contributed by atoms with Crippen LogP contribution in [0.4, 0.5) is 24.9 Å². The van der Waals surface area contributed by atoms with Gasteiger partial charge in [0.05, 0.1) is 35.9 Å². The van der Waals surface area contributed by atoms with Gasteiger partial charge in [-0.1, -0.05) is 0 Å². The van der Waals surface area contributed by atoms with Crippen LogP contribution in [0.5, 0.6) is 0 Å². The first kappa shape index (κ1) is 20.3. The summed E-state index contributed by atoms with van der Waals surface area (Å²) in [6.45, 7) is 1.69. The smallest absolute Gasteiger partial charge is 0.384 e. The van der Waals surface area contributed by atoms with Crippen LogP contribution in [0.15, 0.2) is 18.3 Å². The van der Waals surface area contributed by atoms with Gasteiger partial charge in [0, 0.05) is 31.1 Å². The van der Waals surface area contributed by atoms with Crippen LogP contribution in [-0.2, 0) is 26.5 Å². The number of halogens is 3. The van der Waals surface area contributed by atoms with Gasteiger partial charge in [-0.15, -0.1) is 0 Å². The molecule has 2 N–H and O–H groups in total. The Morgan fingerprint density at radius 3 is 2.50 bits per heavy atom. The number of morpholine rings is 1. The summed E-state index contributed by atoms with van der Waals surface area (Å²) in [4.78, 5) is 14.0. The molecule has 0 saturated carbocycles. The highest BCUT2D eigenvalue weighted by Crippen LogP contribution is 2.37. The number of hydrogen-bond donors (Lipinski definition) is 1. The minimum absolute atomic E-state index is 0.0741. The molecule has 12 heteroatoms. The zero-order valence-corrected chi connectivity index (χ0v) is 15.7. The molecule has 0 bridgehead atoms. The highest BCUT2D eigenvalue weighted by molar-refractivity contribution is 7.89. The minimum Gasteiger partial charge on any atom is -0.384 e. The Morgan fingerprint density at radius 2 is 1.89 bits per heavy atom. The molecule has 2 aromatic heterocycles. The maximum absolute atomic E-state index is 13.5. The molecule has 0 amide bonds. The van der Waals surface area contributed by atoms with Crippen LogP contribution in [0.3, 0.4) is 0 Å². The monoisotopic (exact) mass is 417 g/mol. The third-order valence-corrected chi connectivity index (χ3v) is 4.80. The maximum Gasteiger partial charge on any atom is 0.417 e. The largest absolute Gasteiger partial charge is 0.417 e. The van der Waals surface area contributed by atoms with Crippen molar-refractivity contribution in [2.75, 3.05) is 43.2 Å². The number of hydrogen-bond acceptors (Lipinski definition) is 8. The van der Waals surface area contributed by atoms with Crippen LogP contribution in [0.1, 0.15) is 11.3 Å². The van der Waals surface area contributed by atoms with Crippen molar-refractivity contribution in [3.05, 3.63) is 29.6 Å². The van der Waals surface area contributed by atoms with Crippen LogP contribution in [-0.4, -0.2) is 55.9 Å². The van der Waals surface area contributed by atoms with Gasteiger partial charge in [-0.3, -0.25) is 0 Å². The summed E-state index contributed by atoms with van der Waals surface area (Å²) >= 11 is 0. The molecule has 1 aliphatic rings. The molecule has 0 radical (unpaired) electrons. The average molecular weight is 417 g/mol. The second kappa shape index (κ2) is 7.51.